The molecule has 0 aliphatic heterocycles. The average Bonchev–Trinajstić information content (AvgIpc) is 2.79. The standard InChI is InChI=1S/C13H16.3CO.Cr/c1-2-3-4-7-10-13-11-8-5-6-9-12-13;3*1-2;/h1,5-6,8-9,11-13H,3-4,7,10H2;;;;. The number of rotatable bonds is 4. The molecule has 0 radical (unpaired) electrons. The number of allylic oxidation sites excluding steroid dienone is 6. The Labute approximate surface area is 132 Å². The molecule has 0 bridgehead atoms. The zero-order chi connectivity index (χ0) is 15.4. The molecule has 1 aliphatic carbocycles. The van der Waals surface area contributed by atoms with Gasteiger partial charge in [-0.3, -0.25) is 0 Å². The van der Waals surface area contributed by atoms with Crippen molar-refractivity contribution in [1.82, 2.24) is 0 Å². The van der Waals surface area contributed by atoms with Gasteiger partial charge in [0, 0.05) is 23.8 Å². The normalized spacial score (nSPS) is 10.4. The molecule has 0 spiro atoms. The van der Waals surface area contributed by atoms with Gasteiger partial charge in [-0.15, -0.1) is 12.3 Å². The van der Waals surface area contributed by atoms with E-state index in [1.165, 1.54) is 12.8 Å². The van der Waals surface area contributed by atoms with E-state index in [2.05, 4.69) is 62.3 Å². The van der Waals surface area contributed by atoms with E-state index in [0.29, 0.717) is 5.92 Å². The van der Waals surface area contributed by atoms with E-state index in [9.17, 15) is 0 Å². The third-order valence-corrected chi connectivity index (χ3v) is 2.16. The Balaban J connectivity index is -0.000000162. The monoisotopic (exact) mass is 308 g/mol. The molecule has 20 heavy (non-hydrogen) atoms. The van der Waals surface area contributed by atoms with Gasteiger partial charge < -0.3 is 0 Å². The summed E-state index contributed by atoms with van der Waals surface area (Å²) < 4.78 is 22.5. The number of hydrogen-bond acceptors (Lipinski definition) is 0. The van der Waals surface area contributed by atoms with Gasteiger partial charge in [0.25, 0.3) is 0 Å². The van der Waals surface area contributed by atoms with E-state index < -0.39 is 0 Å². The van der Waals surface area contributed by atoms with E-state index in [1.807, 2.05) is 0 Å². The minimum atomic E-state index is 0. The van der Waals surface area contributed by atoms with Crippen LogP contribution in [0.1, 0.15) is 25.7 Å². The SMILES string of the molecule is C#CCCCCC1C=CC=CC=C1.[C-]#[O+].[C-]#[O+].[C-]#[O+].[Cr]. The van der Waals surface area contributed by atoms with Gasteiger partial charge in [0.2, 0.25) is 0 Å². The molecule has 0 saturated carbocycles. The van der Waals surface area contributed by atoms with Crippen LogP contribution in [0.4, 0.5) is 0 Å². The second-order valence-electron chi connectivity index (χ2n) is 3.27. The molecule has 3 nitrogen and oxygen atoms in total. The fraction of sp³-hybridized carbons (Fsp3) is 0.312. The third-order valence-electron chi connectivity index (χ3n) is 2.16. The van der Waals surface area contributed by atoms with Crippen LogP contribution < -0.4 is 0 Å². The van der Waals surface area contributed by atoms with Gasteiger partial charge in [-0.2, -0.15) is 0 Å². The Morgan fingerprint density at radius 3 is 1.70 bits per heavy atom. The molecule has 0 aromatic carbocycles. The molecule has 1 rings (SSSR count). The van der Waals surface area contributed by atoms with E-state index in [1.54, 1.807) is 0 Å². The van der Waals surface area contributed by atoms with Gasteiger partial charge in [-0.1, -0.05) is 42.9 Å². The molecule has 1 aliphatic rings. The zero-order valence-electron chi connectivity index (χ0n) is 11.1. The fourth-order valence-corrected chi connectivity index (χ4v) is 1.41. The van der Waals surface area contributed by atoms with Crippen LogP contribution in [-0.4, -0.2) is 0 Å². The van der Waals surface area contributed by atoms with Gasteiger partial charge in [-0.25, -0.2) is 0 Å². The molecular formula is C16H16CrO3. The molecule has 0 saturated heterocycles. The van der Waals surface area contributed by atoms with E-state index in [0.717, 1.165) is 12.8 Å². The number of terminal acetylenes is 1. The Bertz CT molecular complexity index is 337. The van der Waals surface area contributed by atoms with Crippen molar-refractivity contribution in [2.75, 3.05) is 0 Å². The predicted octanol–water partition coefficient (Wildman–Crippen LogP) is 3.36. The maximum absolute atomic E-state index is 7.50. The quantitative estimate of drug-likeness (QED) is 0.331. The molecule has 0 unspecified atom stereocenters. The molecule has 0 amide bonds. The summed E-state index contributed by atoms with van der Waals surface area (Å²) in [6.45, 7) is 13.5. The molecule has 0 N–H and O–H groups in total. The van der Waals surface area contributed by atoms with Crippen LogP contribution in [0.2, 0.25) is 0 Å². The molecule has 0 atom stereocenters. The Hall–Kier alpha value is -1.47. The molecule has 0 fully saturated rings. The van der Waals surface area contributed by atoms with Crippen molar-refractivity contribution in [3.63, 3.8) is 0 Å². The molecule has 0 aromatic heterocycles. The summed E-state index contributed by atoms with van der Waals surface area (Å²) in [4.78, 5) is 0. The first-order chi connectivity index (χ1) is 9.43. The van der Waals surface area contributed by atoms with Gasteiger partial charge in [-0.05, 0) is 18.8 Å². The van der Waals surface area contributed by atoms with Crippen molar-refractivity contribution in [1.29, 1.82) is 0 Å². The van der Waals surface area contributed by atoms with Crippen molar-refractivity contribution in [2.24, 2.45) is 5.92 Å². The van der Waals surface area contributed by atoms with Gasteiger partial charge in [0.15, 0.2) is 0 Å². The molecule has 0 aromatic rings. The zero-order valence-corrected chi connectivity index (χ0v) is 12.4. The van der Waals surface area contributed by atoms with Crippen molar-refractivity contribution >= 4 is 0 Å². The Kier molecular flexibility index (Phi) is 41.1. The van der Waals surface area contributed by atoms with E-state index in [-0.39, 0.29) is 17.4 Å². The molecular weight excluding hydrogens is 292 g/mol. The van der Waals surface area contributed by atoms with Crippen LogP contribution in [0, 0.1) is 38.2 Å². The van der Waals surface area contributed by atoms with Crippen molar-refractivity contribution in [2.45, 2.75) is 25.7 Å². The molecule has 4 heteroatoms. The predicted molar refractivity (Wildman–Crippen MR) is 70.0 cm³/mol. The summed E-state index contributed by atoms with van der Waals surface area (Å²) in [5.74, 6) is 3.27. The summed E-state index contributed by atoms with van der Waals surface area (Å²) in [7, 11) is 0. The second-order valence-corrected chi connectivity index (χ2v) is 3.27. The van der Waals surface area contributed by atoms with Crippen LogP contribution in [0.5, 0.6) is 0 Å². The third kappa shape index (κ3) is 21.8. The smallest absolute Gasteiger partial charge is 0 e. The largest absolute Gasteiger partial charge is 0 e. The topological polar surface area (TPSA) is 59.7 Å². The first kappa shape index (κ1) is 27.0. The number of hydrogen-bond donors (Lipinski definition) is 0. The summed E-state index contributed by atoms with van der Waals surface area (Å²) in [6.07, 6.45) is 22.6. The van der Waals surface area contributed by atoms with Gasteiger partial charge in [0.1, 0.15) is 0 Å². The Morgan fingerprint density at radius 1 is 0.850 bits per heavy atom. The average molecular weight is 308 g/mol. The van der Waals surface area contributed by atoms with Crippen LogP contribution in [-0.2, 0) is 31.3 Å². The summed E-state index contributed by atoms with van der Waals surface area (Å²) >= 11 is 0. The first-order valence-electron chi connectivity index (χ1n) is 5.50. The van der Waals surface area contributed by atoms with Crippen LogP contribution in [0.3, 0.4) is 0 Å². The summed E-state index contributed by atoms with van der Waals surface area (Å²) in [6, 6.07) is 0. The minimum absolute atomic E-state index is 0. The van der Waals surface area contributed by atoms with Crippen molar-refractivity contribution in [3.05, 3.63) is 56.4 Å². The number of unbranched alkanes of at least 4 members (excludes halogenated alkanes) is 2. The summed E-state index contributed by atoms with van der Waals surface area (Å²) in [5.41, 5.74) is 0. The van der Waals surface area contributed by atoms with Crippen LogP contribution in [0.15, 0.2) is 36.5 Å². The Morgan fingerprint density at radius 2 is 1.30 bits per heavy atom. The fourth-order valence-electron chi connectivity index (χ4n) is 1.41. The first-order valence-corrected chi connectivity index (χ1v) is 5.50. The van der Waals surface area contributed by atoms with Crippen LogP contribution in [0.25, 0.3) is 0 Å². The van der Waals surface area contributed by atoms with Gasteiger partial charge in [0.05, 0.1) is 0 Å². The minimum Gasteiger partial charge on any atom is 0 e. The molecule has 0 heterocycles. The van der Waals surface area contributed by atoms with Crippen molar-refractivity contribution in [3.8, 4) is 12.3 Å². The van der Waals surface area contributed by atoms with Crippen LogP contribution >= 0.6 is 0 Å². The van der Waals surface area contributed by atoms with Gasteiger partial charge >= 0.3 is 33.9 Å². The van der Waals surface area contributed by atoms with E-state index in [4.69, 9.17) is 20.4 Å². The maximum atomic E-state index is 7.50. The molecule has 104 valence electrons. The van der Waals surface area contributed by atoms with E-state index >= 15 is 0 Å². The maximum Gasteiger partial charge on any atom is 0 e. The second kappa shape index (κ2) is 30.5. The summed E-state index contributed by atoms with van der Waals surface area (Å²) in [5, 5.41) is 0. The van der Waals surface area contributed by atoms with Crippen molar-refractivity contribution < 1.29 is 31.3 Å².